The highest BCUT2D eigenvalue weighted by molar-refractivity contribution is 6.16. The maximum absolute atomic E-state index is 12.4. The molecule has 14 heavy (non-hydrogen) atoms. The summed E-state index contributed by atoms with van der Waals surface area (Å²) in [6, 6.07) is -0.115. The molecule has 0 bridgehead atoms. The summed E-state index contributed by atoms with van der Waals surface area (Å²) in [4.78, 5) is 0. The summed E-state index contributed by atoms with van der Waals surface area (Å²) >= 11 is 5.48. The number of nitrogens with zero attached hydrogens (tertiary/aromatic N) is 3. The van der Waals surface area contributed by atoms with E-state index in [-0.39, 0.29) is 17.7 Å². The minimum atomic E-state index is -4.44. The second kappa shape index (κ2) is 3.12. The molecule has 1 aliphatic carbocycles. The summed E-state index contributed by atoms with van der Waals surface area (Å²) in [5, 5.41) is 6.55. The Hall–Kier alpha value is -0.780. The van der Waals surface area contributed by atoms with Crippen molar-refractivity contribution in [1.29, 1.82) is 0 Å². The van der Waals surface area contributed by atoms with Crippen LogP contribution in [0.3, 0.4) is 0 Å². The van der Waals surface area contributed by atoms with Crippen LogP contribution in [0.4, 0.5) is 13.2 Å². The van der Waals surface area contributed by atoms with Gasteiger partial charge in [0, 0.05) is 6.04 Å². The summed E-state index contributed by atoms with van der Waals surface area (Å²) in [7, 11) is 0. The molecule has 1 aromatic rings. The molecule has 0 radical (unpaired) electrons. The quantitative estimate of drug-likeness (QED) is 0.724. The van der Waals surface area contributed by atoms with Gasteiger partial charge in [-0.25, -0.2) is 0 Å². The van der Waals surface area contributed by atoms with Crippen molar-refractivity contribution < 1.29 is 13.2 Å². The van der Waals surface area contributed by atoms with Crippen molar-refractivity contribution in [3.8, 4) is 0 Å². The first-order valence-electron chi connectivity index (χ1n) is 4.11. The van der Waals surface area contributed by atoms with E-state index in [4.69, 9.17) is 11.6 Å². The lowest BCUT2D eigenvalue weighted by Crippen LogP contribution is -2.15. The van der Waals surface area contributed by atoms with Gasteiger partial charge >= 0.3 is 6.18 Å². The highest BCUT2D eigenvalue weighted by atomic mass is 35.5. The maximum Gasteiger partial charge on any atom is 0.451 e. The molecule has 78 valence electrons. The fourth-order valence-corrected chi connectivity index (χ4v) is 1.51. The van der Waals surface area contributed by atoms with Gasteiger partial charge in [0.05, 0.1) is 5.88 Å². The molecular weight excluding hydrogens is 219 g/mol. The zero-order chi connectivity index (χ0) is 10.3. The fourth-order valence-electron chi connectivity index (χ4n) is 1.32. The summed E-state index contributed by atoms with van der Waals surface area (Å²) in [6.45, 7) is 0. The van der Waals surface area contributed by atoms with Gasteiger partial charge < -0.3 is 4.57 Å². The Balaban J connectivity index is 2.44. The Bertz CT molecular complexity index is 342. The van der Waals surface area contributed by atoms with E-state index >= 15 is 0 Å². The summed E-state index contributed by atoms with van der Waals surface area (Å²) in [6.07, 6.45) is -2.96. The minimum Gasteiger partial charge on any atom is -0.303 e. The van der Waals surface area contributed by atoms with E-state index in [0.717, 1.165) is 17.4 Å². The van der Waals surface area contributed by atoms with E-state index in [1.807, 2.05) is 0 Å². The molecule has 1 aromatic heterocycles. The van der Waals surface area contributed by atoms with E-state index in [2.05, 4.69) is 10.2 Å². The van der Waals surface area contributed by atoms with Crippen molar-refractivity contribution >= 4 is 11.6 Å². The molecule has 1 aliphatic rings. The Labute approximate surface area is 82.9 Å². The van der Waals surface area contributed by atoms with Crippen LogP contribution in [0.1, 0.15) is 30.5 Å². The minimum absolute atomic E-state index is 0.0421. The van der Waals surface area contributed by atoms with Crippen LogP contribution in [-0.2, 0) is 12.1 Å². The SMILES string of the molecule is FC(F)(F)c1nnc(CCl)n1C1CC1. The average molecular weight is 226 g/mol. The molecule has 3 nitrogen and oxygen atoms in total. The van der Waals surface area contributed by atoms with Crippen LogP contribution < -0.4 is 0 Å². The normalized spacial score (nSPS) is 17.4. The van der Waals surface area contributed by atoms with Gasteiger partial charge in [-0.05, 0) is 12.8 Å². The zero-order valence-corrected chi connectivity index (χ0v) is 7.81. The predicted octanol–water partition coefficient (Wildman–Crippen LogP) is 2.37. The van der Waals surface area contributed by atoms with Gasteiger partial charge in [-0.2, -0.15) is 13.2 Å². The van der Waals surface area contributed by atoms with Gasteiger partial charge in [0.1, 0.15) is 5.82 Å². The number of hydrogen-bond acceptors (Lipinski definition) is 2. The lowest BCUT2D eigenvalue weighted by molar-refractivity contribution is -0.147. The smallest absolute Gasteiger partial charge is 0.303 e. The molecule has 0 N–H and O–H groups in total. The monoisotopic (exact) mass is 225 g/mol. The maximum atomic E-state index is 12.4. The highest BCUT2D eigenvalue weighted by Gasteiger charge is 2.42. The van der Waals surface area contributed by atoms with E-state index < -0.39 is 12.0 Å². The predicted molar refractivity (Wildman–Crippen MR) is 42.9 cm³/mol. The molecule has 1 heterocycles. The molecule has 1 saturated carbocycles. The Morgan fingerprint density at radius 3 is 2.43 bits per heavy atom. The number of halogens is 4. The van der Waals surface area contributed by atoms with Crippen LogP contribution in [0.25, 0.3) is 0 Å². The molecule has 0 atom stereocenters. The number of aromatic nitrogens is 3. The van der Waals surface area contributed by atoms with Gasteiger partial charge in [0.25, 0.3) is 0 Å². The molecule has 0 saturated heterocycles. The Kier molecular flexibility index (Phi) is 2.17. The molecule has 7 heteroatoms. The largest absolute Gasteiger partial charge is 0.451 e. The molecule has 0 amide bonds. The summed E-state index contributed by atoms with van der Waals surface area (Å²) in [5.74, 6) is -0.781. The third kappa shape index (κ3) is 1.58. The van der Waals surface area contributed by atoms with Gasteiger partial charge in [0.15, 0.2) is 0 Å². The molecule has 0 aliphatic heterocycles. The van der Waals surface area contributed by atoms with E-state index in [0.29, 0.717) is 0 Å². The van der Waals surface area contributed by atoms with Crippen LogP contribution in [0.5, 0.6) is 0 Å². The third-order valence-corrected chi connectivity index (χ3v) is 2.29. The summed E-state index contributed by atoms with van der Waals surface area (Å²) in [5.41, 5.74) is 0. The first-order chi connectivity index (χ1) is 6.54. The van der Waals surface area contributed by atoms with Crippen LogP contribution in [0, 0.1) is 0 Å². The number of alkyl halides is 4. The van der Waals surface area contributed by atoms with Gasteiger partial charge in [-0.3, -0.25) is 0 Å². The molecule has 0 spiro atoms. The lowest BCUT2D eigenvalue weighted by atomic mass is 10.5. The second-order valence-corrected chi connectivity index (χ2v) is 3.44. The van der Waals surface area contributed by atoms with Crippen molar-refractivity contribution in [3.63, 3.8) is 0 Å². The van der Waals surface area contributed by atoms with Crippen LogP contribution >= 0.6 is 11.6 Å². The number of rotatable bonds is 2. The van der Waals surface area contributed by atoms with E-state index in [1.54, 1.807) is 0 Å². The first-order valence-corrected chi connectivity index (χ1v) is 4.64. The van der Waals surface area contributed by atoms with Crippen LogP contribution in [0.15, 0.2) is 0 Å². The molecule has 1 fully saturated rings. The van der Waals surface area contributed by atoms with Gasteiger partial charge in [-0.15, -0.1) is 21.8 Å². The molecular formula is C7H7ClF3N3. The van der Waals surface area contributed by atoms with E-state index in [1.165, 1.54) is 0 Å². The van der Waals surface area contributed by atoms with E-state index in [9.17, 15) is 13.2 Å². The topological polar surface area (TPSA) is 30.7 Å². The Morgan fingerprint density at radius 2 is 2.00 bits per heavy atom. The van der Waals surface area contributed by atoms with Crippen molar-refractivity contribution in [2.75, 3.05) is 0 Å². The Morgan fingerprint density at radius 1 is 1.36 bits per heavy atom. The average Bonchev–Trinajstić information content (AvgIpc) is 2.82. The highest BCUT2D eigenvalue weighted by Crippen LogP contribution is 2.40. The van der Waals surface area contributed by atoms with Crippen molar-refractivity contribution in [2.24, 2.45) is 0 Å². The van der Waals surface area contributed by atoms with Crippen LogP contribution in [-0.4, -0.2) is 14.8 Å². The fraction of sp³-hybridized carbons (Fsp3) is 0.714. The summed E-state index contributed by atoms with van der Waals surface area (Å²) < 4.78 is 38.4. The van der Waals surface area contributed by atoms with Gasteiger partial charge in [-0.1, -0.05) is 0 Å². The second-order valence-electron chi connectivity index (χ2n) is 3.17. The number of hydrogen-bond donors (Lipinski definition) is 0. The van der Waals surface area contributed by atoms with Crippen molar-refractivity contribution in [1.82, 2.24) is 14.8 Å². The lowest BCUT2D eigenvalue weighted by Gasteiger charge is -2.09. The van der Waals surface area contributed by atoms with Crippen LogP contribution in [0.2, 0.25) is 0 Å². The first kappa shape index (κ1) is 9.76. The molecule has 0 unspecified atom stereocenters. The molecule has 2 rings (SSSR count). The zero-order valence-electron chi connectivity index (χ0n) is 7.05. The standard InChI is InChI=1S/C7H7ClF3N3/c8-3-5-12-13-6(7(9,10)11)14(5)4-1-2-4/h4H,1-3H2. The van der Waals surface area contributed by atoms with Gasteiger partial charge in [0.2, 0.25) is 5.82 Å². The van der Waals surface area contributed by atoms with Crippen molar-refractivity contribution in [2.45, 2.75) is 30.9 Å². The molecule has 0 aromatic carbocycles. The third-order valence-electron chi connectivity index (χ3n) is 2.05. The van der Waals surface area contributed by atoms with Crippen molar-refractivity contribution in [3.05, 3.63) is 11.6 Å².